The molecular formula is C22H23ClN4O3S. The van der Waals surface area contributed by atoms with Gasteiger partial charge in [-0.3, -0.25) is 4.79 Å². The zero-order chi connectivity index (χ0) is 22.2. The first-order valence-electron chi connectivity index (χ1n) is 9.95. The van der Waals surface area contributed by atoms with Crippen LogP contribution in [0.2, 0.25) is 5.02 Å². The molecule has 162 valence electrons. The molecule has 9 heteroatoms. The van der Waals surface area contributed by atoms with Gasteiger partial charge < -0.3 is 4.57 Å². The Balaban J connectivity index is 1.52. The molecule has 4 rings (SSSR count). The molecule has 1 aromatic heterocycles. The van der Waals surface area contributed by atoms with E-state index in [1.165, 1.54) is 28.6 Å². The molecule has 1 atom stereocenters. The predicted molar refractivity (Wildman–Crippen MR) is 122 cm³/mol. The van der Waals surface area contributed by atoms with Crippen LogP contribution in [0.3, 0.4) is 0 Å². The topological polar surface area (TPSA) is 83.8 Å². The Hall–Kier alpha value is -2.68. The maximum absolute atomic E-state index is 13.0. The van der Waals surface area contributed by atoms with E-state index in [9.17, 15) is 13.2 Å². The third-order valence-electron chi connectivity index (χ3n) is 5.74. The Labute approximate surface area is 186 Å². The van der Waals surface area contributed by atoms with E-state index >= 15 is 0 Å². The van der Waals surface area contributed by atoms with E-state index in [1.54, 1.807) is 6.21 Å². The predicted octanol–water partition coefficient (Wildman–Crippen LogP) is 3.44. The lowest BCUT2D eigenvalue weighted by molar-refractivity contribution is -0.124. The van der Waals surface area contributed by atoms with Crippen LogP contribution in [0.5, 0.6) is 0 Å². The number of aryl methyl sites for hydroxylation is 1. The smallest absolute Gasteiger partial charge is 0.258 e. The van der Waals surface area contributed by atoms with Gasteiger partial charge in [0, 0.05) is 40.8 Å². The first-order chi connectivity index (χ1) is 14.8. The SMILES string of the molecule is Cc1c(/C=N\NC(=O)[C@H]2CCCN2S(=O)(=O)c2ccc(Cl)cc2)c2ccccc2n1C. The molecule has 0 radical (unpaired) electrons. The number of sulfonamides is 1. The van der Waals surface area contributed by atoms with Gasteiger partial charge in [-0.1, -0.05) is 29.8 Å². The number of aromatic nitrogens is 1. The molecule has 1 aliphatic rings. The van der Waals surface area contributed by atoms with Crippen molar-refractivity contribution in [1.29, 1.82) is 0 Å². The van der Waals surface area contributed by atoms with Gasteiger partial charge in [0.15, 0.2) is 0 Å². The van der Waals surface area contributed by atoms with E-state index < -0.39 is 22.0 Å². The molecule has 3 aromatic rings. The minimum atomic E-state index is -3.80. The summed E-state index contributed by atoms with van der Waals surface area (Å²) < 4.78 is 29.3. The number of carbonyl (C=O) groups excluding carboxylic acids is 1. The second-order valence-electron chi connectivity index (χ2n) is 7.54. The summed E-state index contributed by atoms with van der Waals surface area (Å²) in [5.41, 5.74) is 5.54. The van der Waals surface area contributed by atoms with Gasteiger partial charge in [-0.05, 0) is 50.1 Å². The minimum absolute atomic E-state index is 0.117. The standard InChI is InChI=1S/C22H23ClN4O3S/c1-15-19(18-6-3-4-7-20(18)26(15)2)14-24-25-22(28)21-8-5-13-27(21)31(29,30)17-11-9-16(23)10-12-17/h3-4,6-7,9-12,14,21H,5,8,13H2,1-2H3,(H,25,28)/b24-14-/t21-/m1/s1. The monoisotopic (exact) mass is 458 g/mol. The Bertz CT molecular complexity index is 1270. The number of halogens is 1. The lowest BCUT2D eigenvalue weighted by Gasteiger charge is -2.22. The fraction of sp³-hybridized carbons (Fsp3) is 0.273. The van der Waals surface area contributed by atoms with Crippen molar-refractivity contribution in [1.82, 2.24) is 14.3 Å². The summed E-state index contributed by atoms with van der Waals surface area (Å²) in [7, 11) is -1.82. The highest BCUT2D eigenvalue weighted by Gasteiger charge is 2.39. The lowest BCUT2D eigenvalue weighted by atomic mass is 10.1. The zero-order valence-electron chi connectivity index (χ0n) is 17.2. The number of nitrogens with one attached hydrogen (secondary N) is 1. The van der Waals surface area contributed by atoms with Crippen molar-refractivity contribution >= 4 is 44.6 Å². The first-order valence-corrected chi connectivity index (χ1v) is 11.8. The molecule has 1 fully saturated rings. The van der Waals surface area contributed by atoms with Gasteiger partial charge in [0.2, 0.25) is 10.0 Å². The molecule has 7 nitrogen and oxygen atoms in total. The number of benzene rings is 2. The molecule has 0 bridgehead atoms. The molecule has 1 aliphatic heterocycles. The highest BCUT2D eigenvalue weighted by Crippen LogP contribution is 2.27. The summed E-state index contributed by atoms with van der Waals surface area (Å²) in [4.78, 5) is 12.9. The third kappa shape index (κ3) is 3.98. The molecule has 0 saturated carbocycles. The summed E-state index contributed by atoms with van der Waals surface area (Å²) >= 11 is 5.87. The number of rotatable bonds is 5. The molecule has 0 aliphatic carbocycles. The molecule has 31 heavy (non-hydrogen) atoms. The van der Waals surface area contributed by atoms with Crippen molar-refractivity contribution in [2.24, 2.45) is 12.1 Å². The van der Waals surface area contributed by atoms with Crippen LogP contribution >= 0.6 is 11.6 Å². The Morgan fingerprint density at radius 2 is 1.90 bits per heavy atom. The number of hydrogen-bond acceptors (Lipinski definition) is 4. The summed E-state index contributed by atoms with van der Waals surface area (Å²) in [6.07, 6.45) is 2.67. The van der Waals surface area contributed by atoms with Crippen molar-refractivity contribution in [3.63, 3.8) is 0 Å². The summed E-state index contributed by atoms with van der Waals surface area (Å²) in [6.45, 7) is 2.27. The zero-order valence-corrected chi connectivity index (χ0v) is 18.8. The normalized spacial score (nSPS) is 17.6. The second kappa shape index (κ2) is 8.45. The molecule has 1 saturated heterocycles. The Morgan fingerprint density at radius 1 is 1.19 bits per heavy atom. The van der Waals surface area contributed by atoms with Gasteiger partial charge >= 0.3 is 0 Å². The lowest BCUT2D eigenvalue weighted by Crippen LogP contribution is -2.44. The van der Waals surface area contributed by atoms with E-state index in [1.807, 2.05) is 38.2 Å². The van der Waals surface area contributed by atoms with E-state index in [4.69, 9.17) is 11.6 Å². The fourth-order valence-corrected chi connectivity index (χ4v) is 5.76. The van der Waals surface area contributed by atoms with E-state index in [2.05, 4.69) is 15.1 Å². The highest BCUT2D eigenvalue weighted by molar-refractivity contribution is 7.89. The molecule has 2 aromatic carbocycles. The van der Waals surface area contributed by atoms with Crippen LogP contribution in [-0.4, -0.2) is 42.0 Å². The fourth-order valence-electron chi connectivity index (χ4n) is 3.98. The number of hydrogen-bond donors (Lipinski definition) is 1. The van der Waals surface area contributed by atoms with Crippen LogP contribution < -0.4 is 5.43 Å². The Kier molecular flexibility index (Phi) is 5.88. The van der Waals surface area contributed by atoms with Crippen LogP contribution in [0, 0.1) is 6.92 Å². The van der Waals surface area contributed by atoms with Gasteiger partial charge in [0.1, 0.15) is 6.04 Å². The molecule has 1 amide bonds. The van der Waals surface area contributed by atoms with Crippen molar-refractivity contribution < 1.29 is 13.2 Å². The first kappa shape index (κ1) is 21.5. The molecule has 0 unspecified atom stereocenters. The second-order valence-corrected chi connectivity index (χ2v) is 9.86. The molecule has 2 heterocycles. The average Bonchev–Trinajstić information content (AvgIpc) is 3.35. The van der Waals surface area contributed by atoms with Crippen molar-refractivity contribution in [3.8, 4) is 0 Å². The molecule has 1 N–H and O–H groups in total. The van der Waals surface area contributed by atoms with E-state index in [0.29, 0.717) is 17.9 Å². The number of nitrogens with zero attached hydrogens (tertiary/aromatic N) is 3. The highest BCUT2D eigenvalue weighted by atomic mass is 35.5. The largest absolute Gasteiger partial charge is 0.347 e. The van der Waals surface area contributed by atoms with E-state index in [0.717, 1.165) is 22.2 Å². The Morgan fingerprint density at radius 3 is 2.65 bits per heavy atom. The van der Waals surface area contributed by atoms with Crippen molar-refractivity contribution in [2.75, 3.05) is 6.54 Å². The average molecular weight is 459 g/mol. The van der Waals surface area contributed by atoms with Crippen LogP contribution in [-0.2, 0) is 21.9 Å². The summed E-state index contributed by atoms with van der Waals surface area (Å²) in [5, 5.41) is 5.62. The van der Waals surface area contributed by atoms with Gasteiger partial charge in [-0.2, -0.15) is 9.41 Å². The van der Waals surface area contributed by atoms with Gasteiger partial charge in [-0.15, -0.1) is 0 Å². The van der Waals surface area contributed by atoms with Crippen LogP contribution in [0.4, 0.5) is 0 Å². The summed E-state index contributed by atoms with van der Waals surface area (Å²) in [5.74, 6) is -0.441. The maximum Gasteiger partial charge on any atom is 0.258 e. The van der Waals surface area contributed by atoms with Gasteiger partial charge in [0.05, 0.1) is 11.1 Å². The molecular weight excluding hydrogens is 436 g/mol. The minimum Gasteiger partial charge on any atom is -0.347 e. The number of hydrazone groups is 1. The number of amides is 1. The third-order valence-corrected chi connectivity index (χ3v) is 7.92. The number of para-hydroxylation sites is 1. The van der Waals surface area contributed by atoms with Gasteiger partial charge in [-0.25, -0.2) is 13.8 Å². The van der Waals surface area contributed by atoms with Crippen molar-refractivity contribution in [3.05, 3.63) is 64.8 Å². The molecule has 0 spiro atoms. The number of carbonyl (C=O) groups is 1. The van der Waals surface area contributed by atoms with Crippen LogP contribution in [0.1, 0.15) is 24.1 Å². The quantitative estimate of drug-likeness (QED) is 0.469. The van der Waals surface area contributed by atoms with Crippen LogP contribution in [0.25, 0.3) is 10.9 Å². The summed E-state index contributed by atoms with van der Waals surface area (Å²) in [6, 6.07) is 13.1. The van der Waals surface area contributed by atoms with E-state index in [-0.39, 0.29) is 11.4 Å². The maximum atomic E-state index is 13.0. The van der Waals surface area contributed by atoms with Gasteiger partial charge in [0.25, 0.3) is 5.91 Å². The van der Waals surface area contributed by atoms with Crippen molar-refractivity contribution in [2.45, 2.75) is 30.7 Å². The van der Waals surface area contributed by atoms with Crippen LogP contribution in [0.15, 0.2) is 58.5 Å². The number of fused-ring (bicyclic) bond motifs is 1.